The van der Waals surface area contributed by atoms with Crippen LogP contribution in [0.3, 0.4) is 0 Å². The van der Waals surface area contributed by atoms with Gasteiger partial charge in [0.15, 0.2) is 0 Å². The Morgan fingerprint density at radius 2 is 1.68 bits per heavy atom. The molecule has 5 nitrogen and oxygen atoms in total. The number of oxime groups is 1. The van der Waals surface area contributed by atoms with Crippen molar-refractivity contribution in [3.63, 3.8) is 0 Å². The number of nitrogens with zero attached hydrogens (tertiary/aromatic N) is 1. The zero-order chi connectivity index (χ0) is 22.4. The number of benzene rings is 2. The van der Waals surface area contributed by atoms with Gasteiger partial charge in [-0.3, -0.25) is 4.79 Å². The van der Waals surface area contributed by atoms with Crippen molar-refractivity contribution >= 4 is 61.8 Å². The monoisotopic (exact) mass is 594 g/mol. The van der Waals surface area contributed by atoms with Gasteiger partial charge in [-0.05, 0) is 89.4 Å². The molecule has 2 saturated carbocycles. The lowest BCUT2D eigenvalue weighted by Gasteiger charge is -2.39. The number of fused-ring (bicyclic) bond motifs is 2. The van der Waals surface area contributed by atoms with E-state index in [1.807, 2.05) is 24.3 Å². The topological polar surface area (TPSA) is 67.8 Å². The number of hydrogen-bond donors (Lipinski definition) is 1. The van der Waals surface area contributed by atoms with E-state index in [1.54, 1.807) is 24.3 Å². The third kappa shape index (κ3) is 3.63. The normalized spacial score (nSPS) is 27.3. The van der Waals surface area contributed by atoms with Crippen LogP contribution in [0.4, 0.5) is 5.69 Å². The zero-order valence-corrected chi connectivity index (χ0v) is 21.4. The lowest BCUT2D eigenvalue weighted by molar-refractivity contribution is -0.130. The fourth-order valence-corrected chi connectivity index (χ4v) is 5.67. The van der Waals surface area contributed by atoms with Crippen LogP contribution < -0.4 is 5.32 Å². The summed E-state index contributed by atoms with van der Waals surface area (Å²) in [5.41, 5.74) is 0.787. The van der Waals surface area contributed by atoms with E-state index in [4.69, 9.17) is 4.84 Å². The largest absolute Gasteiger partial charge is 0.365 e. The van der Waals surface area contributed by atoms with E-state index in [1.165, 1.54) is 0 Å². The van der Waals surface area contributed by atoms with Crippen LogP contribution in [0.1, 0.15) is 50.4 Å². The number of anilines is 1. The highest BCUT2D eigenvalue weighted by atomic mass is 127. The molecule has 0 saturated heterocycles. The van der Waals surface area contributed by atoms with E-state index < -0.39 is 11.4 Å². The van der Waals surface area contributed by atoms with Crippen LogP contribution in [-0.4, -0.2) is 17.6 Å². The van der Waals surface area contributed by atoms with Gasteiger partial charge in [-0.2, -0.15) is 0 Å². The quantitative estimate of drug-likeness (QED) is 0.252. The van der Waals surface area contributed by atoms with Crippen LogP contribution in [0, 0.1) is 19.8 Å². The highest BCUT2D eigenvalue weighted by Crippen LogP contribution is 2.71. The van der Waals surface area contributed by atoms with Gasteiger partial charge in [0.1, 0.15) is 0 Å². The molecule has 162 valence electrons. The summed E-state index contributed by atoms with van der Waals surface area (Å²) in [6.07, 6.45) is 2.10. The van der Waals surface area contributed by atoms with E-state index in [0.717, 1.165) is 32.3 Å². The number of rotatable bonds is 4. The first-order chi connectivity index (χ1) is 14.6. The Hall–Kier alpha value is -1.74. The van der Waals surface area contributed by atoms with Crippen LogP contribution in [-0.2, 0) is 9.63 Å². The fourth-order valence-electron chi connectivity index (χ4n) is 5.04. The summed E-state index contributed by atoms with van der Waals surface area (Å²) in [4.78, 5) is 31.3. The maximum absolute atomic E-state index is 13.5. The summed E-state index contributed by atoms with van der Waals surface area (Å²) in [5, 5.41) is 7.40. The molecule has 0 spiro atoms. The molecule has 2 aliphatic carbocycles. The van der Waals surface area contributed by atoms with Crippen LogP contribution >= 0.6 is 38.5 Å². The minimum Gasteiger partial charge on any atom is -0.326 e. The molecule has 1 amide bonds. The average Bonchev–Trinajstić information content (AvgIpc) is 3.05. The highest BCUT2D eigenvalue weighted by Gasteiger charge is 2.71. The molecule has 4 rings (SSSR count). The van der Waals surface area contributed by atoms with E-state index in [9.17, 15) is 9.59 Å². The third-order valence-corrected chi connectivity index (χ3v) is 8.84. The summed E-state index contributed by atoms with van der Waals surface area (Å²) in [6.45, 7) is 6.39. The Morgan fingerprint density at radius 1 is 1.03 bits per heavy atom. The first-order valence-electron chi connectivity index (χ1n) is 10.2. The number of carbonyl (C=O) groups excluding carboxylic acids is 2. The van der Waals surface area contributed by atoms with Gasteiger partial charge in [-0.15, -0.1) is 0 Å². The maximum atomic E-state index is 13.5. The fraction of sp³-hybridized carbons (Fsp3) is 0.375. The molecule has 0 aromatic heterocycles. The number of carbonyl (C=O) groups is 2. The zero-order valence-electron chi connectivity index (χ0n) is 17.7. The van der Waals surface area contributed by atoms with E-state index in [2.05, 4.69) is 69.8 Å². The van der Waals surface area contributed by atoms with Crippen molar-refractivity contribution in [2.75, 3.05) is 5.32 Å². The molecular weight excluding hydrogens is 571 g/mol. The molecule has 2 aromatic carbocycles. The second kappa shape index (κ2) is 7.99. The van der Waals surface area contributed by atoms with Crippen molar-refractivity contribution < 1.29 is 14.4 Å². The van der Waals surface area contributed by atoms with Crippen LogP contribution in [0.25, 0.3) is 0 Å². The molecule has 0 aliphatic heterocycles. The minimum absolute atomic E-state index is 0.00636. The van der Waals surface area contributed by atoms with E-state index in [0.29, 0.717) is 12.0 Å². The van der Waals surface area contributed by atoms with Gasteiger partial charge in [0.25, 0.3) is 0 Å². The van der Waals surface area contributed by atoms with Crippen LogP contribution in [0.2, 0.25) is 0 Å². The molecule has 0 radical (unpaired) electrons. The number of halogens is 2. The van der Waals surface area contributed by atoms with Crippen molar-refractivity contribution in [2.24, 2.45) is 21.4 Å². The van der Waals surface area contributed by atoms with Gasteiger partial charge in [-0.1, -0.05) is 41.9 Å². The molecule has 2 unspecified atom stereocenters. The Bertz CT molecular complexity index is 1070. The lowest BCUT2D eigenvalue weighted by atomic mass is 9.64. The third-order valence-electron chi connectivity index (χ3n) is 7.59. The molecule has 1 N–H and O–H groups in total. The Morgan fingerprint density at radius 3 is 2.32 bits per heavy atom. The number of nitrogens with one attached hydrogen (secondary N) is 1. The van der Waals surface area contributed by atoms with Gasteiger partial charge < -0.3 is 10.2 Å². The minimum atomic E-state index is -0.590. The predicted molar refractivity (Wildman–Crippen MR) is 133 cm³/mol. The van der Waals surface area contributed by atoms with Crippen molar-refractivity contribution in [2.45, 2.75) is 40.0 Å². The van der Waals surface area contributed by atoms with Gasteiger partial charge in [0.2, 0.25) is 5.91 Å². The summed E-state index contributed by atoms with van der Waals surface area (Å²) in [5.74, 6) is -0.492. The molecule has 31 heavy (non-hydrogen) atoms. The number of hydrogen-bond acceptors (Lipinski definition) is 4. The summed E-state index contributed by atoms with van der Waals surface area (Å²) in [7, 11) is 0. The van der Waals surface area contributed by atoms with Crippen molar-refractivity contribution in [3.05, 3.63) is 62.1 Å². The van der Waals surface area contributed by atoms with Crippen molar-refractivity contribution in [1.82, 2.24) is 0 Å². The lowest BCUT2D eigenvalue weighted by Crippen LogP contribution is -2.43. The smallest absolute Gasteiger partial charge is 0.326 e. The van der Waals surface area contributed by atoms with Gasteiger partial charge in [-0.25, -0.2) is 4.79 Å². The van der Waals surface area contributed by atoms with Crippen LogP contribution in [0.5, 0.6) is 0 Å². The number of amides is 1. The van der Waals surface area contributed by atoms with Crippen molar-refractivity contribution in [1.29, 1.82) is 0 Å². The average molecular weight is 595 g/mol. The van der Waals surface area contributed by atoms with E-state index in [-0.39, 0.29) is 16.7 Å². The molecule has 2 fully saturated rings. The molecule has 7 heteroatoms. The Labute approximate surface area is 204 Å². The first kappa shape index (κ1) is 22.5. The van der Waals surface area contributed by atoms with Gasteiger partial charge >= 0.3 is 5.97 Å². The van der Waals surface area contributed by atoms with Gasteiger partial charge in [0.05, 0.1) is 16.7 Å². The first-order valence-corrected chi connectivity index (χ1v) is 12.1. The highest BCUT2D eigenvalue weighted by molar-refractivity contribution is 14.1. The Balaban J connectivity index is 1.57. The molecule has 0 heterocycles. The van der Waals surface area contributed by atoms with E-state index >= 15 is 0 Å². The molecule has 2 aromatic rings. The molecule has 2 bridgehead atoms. The summed E-state index contributed by atoms with van der Waals surface area (Å²) < 4.78 is 2.00. The Kier molecular flexibility index (Phi) is 5.79. The second-order valence-corrected chi connectivity index (χ2v) is 11.3. The van der Waals surface area contributed by atoms with Crippen LogP contribution in [0.15, 0.2) is 58.2 Å². The molecule has 2 aliphatic rings. The summed E-state index contributed by atoms with van der Waals surface area (Å²) >= 11 is 5.60. The standard InChI is InChI=1S/C24H24BrIN2O3/c1-22(2)23(3)12-13-24(22,21(30)27-18-10-8-17(26)9-11-18)14-19(23)28-31-20(29)15-4-6-16(25)7-5-15/h4-11H,12-14H2,1-3H3,(H,27,30). The summed E-state index contributed by atoms with van der Waals surface area (Å²) in [6, 6.07) is 14.7. The van der Waals surface area contributed by atoms with Crippen molar-refractivity contribution in [3.8, 4) is 0 Å². The SMILES string of the molecule is CC12CCC(C(=O)Nc3ccc(I)cc3)(CC1=NOC(=O)c1ccc(Br)cc1)C2(C)C. The maximum Gasteiger partial charge on any atom is 0.365 e. The predicted octanol–water partition coefficient (Wildman–Crippen LogP) is 6.42. The van der Waals surface area contributed by atoms with Gasteiger partial charge in [0, 0.05) is 25.6 Å². The molecule has 2 atom stereocenters. The second-order valence-electron chi connectivity index (χ2n) is 9.10. The molecular formula is C24H24BrIN2O3.